The zero-order chi connectivity index (χ0) is 14.8. The monoisotopic (exact) mass is 287 g/mol. The summed E-state index contributed by atoms with van der Waals surface area (Å²) in [5, 5.41) is 0. The third-order valence-corrected chi connectivity index (χ3v) is 5.60. The van der Waals surface area contributed by atoms with Crippen molar-refractivity contribution >= 4 is 20.1 Å². The van der Waals surface area contributed by atoms with Gasteiger partial charge in [0.2, 0.25) is 0 Å². The van der Waals surface area contributed by atoms with Crippen LogP contribution in [0.2, 0.25) is 19.1 Å². The minimum absolute atomic E-state index is 0.313. The molecule has 1 rings (SSSR count). The van der Waals surface area contributed by atoms with Crippen LogP contribution in [0.25, 0.3) is 0 Å². The molecular formula is C13H25NO4Si. The molecule has 5 nitrogen and oxygen atoms in total. The molecule has 0 radical (unpaired) electrons. The molecule has 1 saturated heterocycles. The molecular weight excluding hydrogens is 262 g/mol. The Morgan fingerprint density at radius 1 is 1.32 bits per heavy atom. The van der Waals surface area contributed by atoms with E-state index in [1.807, 2.05) is 20.8 Å². The number of hydrogen-bond donors (Lipinski definition) is 0. The van der Waals surface area contributed by atoms with Crippen molar-refractivity contribution in [3.05, 3.63) is 0 Å². The maximum atomic E-state index is 12.2. The molecule has 0 N–H and O–H groups in total. The summed E-state index contributed by atoms with van der Waals surface area (Å²) in [4.78, 5) is 25.7. The number of rotatable bonds is 2. The number of carbonyl (C=O) groups excluding carboxylic acids is 2. The van der Waals surface area contributed by atoms with Gasteiger partial charge in [0.1, 0.15) is 11.6 Å². The van der Waals surface area contributed by atoms with E-state index in [0.29, 0.717) is 12.8 Å². The first-order valence-corrected chi connectivity index (χ1v) is 10.1. The number of nitrogens with zero attached hydrogens (tertiary/aromatic N) is 1. The Balaban J connectivity index is 2.83. The van der Waals surface area contributed by atoms with Gasteiger partial charge in [-0.15, -0.1) is 0 Å². The van der Waals surface area contributed by atoms with E-state index < -0.39 is 25.8 Å². The summed E-state index contributed by atoms with van der Waals surface area (Å²) in [5.74, 6) is -0.313. The molecule has 1 heterocycles. The van der Waals surface area contributed by atoms with Crippen LogP contribution in [0.1, 0.15) is 27.7 Å². The van der Waals surface area contributed by atoms with Crippen molar-refractivity contribution in [3.8, 4) is 0 Å². The molecule has 0 unspecified atom stereocenters. The van der Waals surface area contributed by atoms with E-state index >= 15 is 0 Å². The number of carbonyl (C=O) groups is 2. The normalized spacial score (nSPS) is 22.2. The van der Waals surface area contributed by atoms with E-state index in [4.69, 9.17) is 9.47 Å². The van der Waals surface area contributed by atoms with Gasteiger partial charge in [0, 0.05) is 6.17 Å². The number of ether oxygens (including phenoxy) is 2. The maximum Gasteiger partial charge on any atom is 0.410 e. The SMILES string of the molecule is CCOC(=O)[C@@H]1C[Si](C)(C)CN1C(=O)OC(C)(C)C. The summed E-state index contributed by atoms with van der Waals surface area (Å²) in [5.41, 5.74) is -0.551. The van der Waals surface area contributed by atoms with Gasteiger partial charge in [-0.3, -0.25) is 4.90 Å². The number of hydrogen-bond acceptors (Lipinski definition) is 4. The lowest BCUT2D eigenvalue weighted by Gasteiger charge is -2.27. The second-order valence-corrected chi connectivity index (χ2v) is 11.8. The van der Waals surface area contributed by atoms with E-state index in [1.54, 1.807) is 11.8 Å². The Morgan fingerprint density at radius 2 is 1.89 bits per heavy atom. The Labute approximate surface area is 116 Å². The lowest BCUT2D eigenvalue weighted by Crippen LogP contribution is -2.44. The smallest absolute Gasteiger partial charge is 0.410 e. The summed E-state index contributed by atoms with van der Waals surface area (Å²) in [6.45, 7) is 11.9. The third-order valence-electron chi connectivity index (χ3n) is 2.91. The molecule has 0 aliphatic carbocycles. The molecule has 0 aromatic carbocycles. The van der Waals surface area contributed by atoms with Crippen molar-refractivity contribution in [3.63, 3.8) is 0 Å². The van der Waals surface area contributed by atoms with Gasteiger partial charge in [0.05, 0.1) is 14.7 Å². The summed E-state index contributed by atoms with van der Waals surface area (Å²) in [7, 11) is -1.57. The number of amides is 1. The average Bonchev–Trinajstić information content (AvgIpc) is 2.52. The van der Waals surface area contributed by atoms with Gasteiger partial charge in [-0.1, -0.05) is 13.1 Å². The molecule has 1 amide bonds. The zero-order valence-corrected chi connectivity index (χ0v) is 13.8. The molecule has 0 bridgehead atoms. The molecule has 110 valence electrons. The molecule has 6 heteroatoms. The maximum absolute atomic E-state index is 12.2. The predicted molar refractivity (Wildman–Crippen MR) is 75.7 cm³/mol. The minimum Gasteiger partial charge on any atom is -0.464 e. The fraction of sp³-hybridized carbons (Fsp3) is 0.846. The molecule has 0 spiro atoms. The second kappa shape index (κ2) is 5.52. The van der Waals surface area contributed by atoms with Crippen LogP contribution in [-0.2, 0) is 14.3 Å². The molecule has 0 aromatic rings. The van der Waals surface area contributed by atoms with E-state index in [1.165, 1.54) is 0 Å². The standard InChI is InChI=1S/C13H25NO4Si/c1-7-17-11(15)10-8-19(5,6)9-14(10)12(16)18-13(2,3)4/h10H,7-9H2,1-6H3/t10-/m0/s1. The van der Waals surface area contributed by atoms with E-state index in [-0.39, 0.29) is 5.97 Å². The lowest BCUT2D eigenvalue weighted by molar-refractivity contribution is -0.147. The largest absolute Gasteiger partial charge is 0.464 e. The molecule has 0 aromatic heterocycles. The van der Waals surface area contributed by atoms with Crippen LogP contribution in [0.15, 0.2) is 0 Å². The van der Waals surface area contributed by atoms with Crippen molar-refractivity contribution in [2.45, 2.75) is 58.5 Å². The van der Waals surface area contributed by atoms with Crippen LogP contribution in [0.5, 0.6) is 0 Å². The van der Waals surface area contributed by atoms with Gasteiger partial charge in [-0.2, -0.15) is 0 Å². The first-order chi connectivity index (χ1) is 8.56. The third kappa shape index (κ3) is 4.52. The Kier molecular flexibility index (Phi) is 4.66. The summed E-state index contributed by atoms with van der Waals surface area (Å²) >= 11 is 0. The summed E-state index contributed by atoms with van der Waals surface area (Å²) in [6.07, 6.45) is 0.231. The summed E-state index contributed by atoms with van der Waals surface area (Å²) in [6, 6.07) is 0.266. The highest BCUT2D eigenvalue weighted by atomic mass is 28.3. The van der Waals surface area contributed by atoms with E-state index in [9.17, 15) is 9.59 Å². The van der Waals surface area contributed by atoms with Crippen molar-refractivity contribution in [2.24, 2.45) is 0 Å². The minimum atomic E-state index is -1.57. The topological polar surface area (TPSA) is 55.8 Å². The number of esters is 1. The predicted octanol–water partition coefficient (Wildman–Crippen LogP) is 2.42. The highest BCUT2D eigenvalue weighted by Gasteiger charge is 2.46. The van der Waals surface area contributed by atoms with Crippen molar-refractivity contribution < 1.29 is 19.1 Å². The molecule has 0 saturated carbocycles. The van der Waals surface area contributed by atoms with Gasteiger partial charge in [-0.25, -0.2) is 9.59 Å². The van der Waals surface area contributed by atoms with E-state index in [2.05, 4.69) is 13.1 Å². The zero-order valence-electron chi connectivity index (χ0n) is 12.8. The molecule has 1 aliphatic heterocycles. The Hall–Kier alpha value is -1.04. The van der Waals surface area contributed by atoms with Gasteiger partial charge in [0.15, 0.2) is 0 Å². The van der Waals surface area contributed by atoms with Crippen molar-refractivity contribution in [1.82, 2.24) is 4.90 Å². The quantitative estimate of drug-likeness (QED) is 0.578. The van der Waals surface area contributed by atoms with Gasteiger partial charge in [0.25, 0.3) is 0 Å². The van der Waals surface area contributed by atoms with Crippen LogP contribution >= 0.6 is 0 Å². The van der Waals surface area contributed by atoms with Crippen LogP contribution in [0.4, 0.5) is 4.79 Å². The van der Waals surface area contributed by atoms with Crippen molar-refractivity contribution in [2.75, 3.05) is 12.8 Å². The van der Waals surface area contributed by atoms with Crippen LogP contribution in [-0.4, -0.2) is 49.5 Å². The molecule has 1 aliphatic rings. The molecule has 19 heavy (non-hydrogen) atoms. The molecule has 1 atom stereocenters. The fourth-order valence-corrected chi connectivity index (χ4v) is 5.07. The molecule has 1 fully saturated rings. The first-order valence-electron chi connectivity index (χ1n) is 6.72. The van der Waals surface area contributed by atoms with Crippen LogP contribution < -0.4 is 0 Å². The lowest BCUT2D eigenvalue weighted by atomic mass is 10.2. The second-order valence-electron chi connectivity index (χ2n) is 6.74. The van der Waals surface area contributed by atoms with Gasteiger partial charge < -0.3 is 9.47 Å². The highest BCUT2D eigenvalue weighted by Crippen LogP contribution is 2.29. The highest BCUT2D eigenvalue weighted by molar-refractivity contribution is 6.78. The van der Waals surface area contributed by atoms with Crippen LogP contribution in [0, 0.1) is 0 Å². The summed E-state index contributed by atoms with van der Waals surface area (Å²) < 4.78 is 10.4. The Morgan fingerprint density at radius 3 is 2.37 bits per heavy atom. The van der Waals surface area contributed by atoms with Crippen molar-refractivity contribution in [1.29, 1.82) is 0 Å². The fourth-order valence-electron chi connectivity index (χ4n) is 2.23. The van der Waals surface area contributed by atoms with Crippen LogP contribution in [0.3, 0.4) is 0 Å². The first kappa shape index (κ1) is 16.0. The van der Waals surface area contributed by atoms with E-state index in [0.717, 1.165) is 6.04 Å². The average molecular weight is 287 g/mol. The van der Waals surface area contributed by atoms with Gasteiger partial charge in [-0.05, 0) is 33.7 Å². The Bertz CT molecular complexity index is 362. The van der Waals surface area contributed by atoms with Gasteiger partial charge >= 0.3 is 12.1 Å².